The van der Waals surface area contributed by atoms with Crippen LogP contribution in [-0.2, 0) is 6.18 Å². The molecule has 2 heterocycles. The summed E-state index contributed by atoms with van der Waals surface area (Å²) in [5.41, 5.74) is 4.77. The lowest BCUT2D eigenvalue weighted by atomic mass is 10.1. The van der Waals surface area contributed by atoms with Gasteiger partial charge in [-0.3, -0.25) is 4.90 Å². The number of halogens is 3. The highest BCUT2D eigenvalue weighted by Gasteiger charge is 2.35. The summed E-state index contributed by atoms with van der Waals surface area (Å²) in [6.45, 7) is 3.65. The molecular weight excluding hydrogens is 245 g/mol. The van der Waals surface area contributed by atoms with E-state index in [9.17, 15) is 13.2 Å². The molecule has 2 rings (SSSR count). The topological polar surface area (TPSA) is 55.0 Å². The number of nitrogens with zero attached hydrogens (tertiary/aromatic N) is 3. The summed E-state index contributed by atoms with van der Waals surface area (Å²) in [6, 6.07) is 0.927. The zero-order valence-electron chi connectivity index (χ0n) is 10.0. The third-order valence-electron chi connectivity index (χ3n) is 3.16. The van der Waals surface area contributed by atoms with E-state index in [1.54, 1.807) is 0 Å². The van der Waals surface area contributed by atoms with Gasteiger partial charge in [-0.1, -0.05) is 6.92 Å². The quantitative estimate of drug-likeness (QED) is 0.886. The number of anilines is 1. The van der Waals surface area contributed by atoms with E-state index in [-0.39, 0.29) is 12.0 Å². The minimum absolute atomic E-state index is 0.0820. The van der Waals surface area contributed by atoms with Crippen molar-refractivity contribution in [2.45, 2.75) is 32.0 Å². The van der Waals surface area contributed by atoms with Gasteiger partial charge in [-0.2, -0.15) is 13.2 Å². The summed E-state index contributed by atoms with van der Waals surface area (Å²) >= 11 is 0. The molecule has 0 amide bonds. The van der Waals surface area contributed by atoms with Gasteiger partial charge in [-0.15, -0.1) is 0 Å². The SMILES string of the molecule is CCN1CCCC1c1cc(C(F)(F)F)nc(N)n1. The van der Waals surface area contributed by atoms with Gasteiger partial charge in [0.1, 0.15) is 5.69 Å². The van der Waals surface area contributed by atoms with Crippen molar-refractivity contribution in [1.82, 2.24) is 14.9 Å². The average molecular weight is 260 g/mol. The monoisotopic (exact) mass is 260 g/mol. The van der Waals surface area contributed by atoms with Crippen LogP contribution in [0, 0.1) is 0 Å². The summed E-state index contributed by atoms with van der Waals surface area (Å²) < 4.78 is 38.0. The highest BCUT2D eigenvalue weighted by molar-refractivity contribution is 5.26. The van der Waals surface area contributed by atoms with Crippen LogP contribution in [0.1, 0.15) is 37.2 Å². The predicted octanol–water partition coefficient (Wildman–Crippen LogP) is 2.23. The summed E-state index contributed by atoms with van der Waals surface area (Å²) in [5, 5.41) is 0. The highest BCUT2D eigenvalue weighted by Crippen LogP contribution is 2.34. The van der Waals surface area contributed by atoms with Crippen molar-refractivity contribution in [3.8, 4) is 0 Å². The van der Waals surface area contributed by atoms with Crippen molar-refractivity contribution in [1.29, 1.82) is 0 Å². The first-order valence-electron chi connectivity index (χ1n) is 5.87. The minimum Gasteiger partial charge on any atom is -0.368 e. The number of hydrogen-bond acceptors (Lipinski definition) is 4. The van der Waals surface area contributed by atoms with Crippen LogP contribution >= 0.6 is 0 Å². The van der Waals surface area contributed by atoms with Crippen LogP contribution in [0.3, 0.4) is 0 Å². The van der Waals surface area contributed by atoms with Gasteiger partial charge in [0.15, 0.2) is 0 Å². The summed E-state index contributed by atoms with van der Waals surface area (Å²) in [5.74, 6) is -0.317. The lowest BCUT2D eigenvalue weighted by molar-refractivity contribution is -0.141. The van der Waals surface area contributed by atoms with Crippen LogP contribution in [0.15, 0.2) is 6.07 Å². The molecule has 1 unspecified atom stereocenters. The van der Waals surface area contributed by atoms with E-state index in [0.717, 1.165) is 32.0 Å². The van der Waals surface area contributed by atoms with E-state index in [1.165, 1.54) is 0 Å². The van der Waals surface area contributed by atoms with Crippen molar-refractivity contribution in [3.05, 3.63) is 17.5 Å². The van der Waals surface area contributed by atoms with Gasteiger partial charge in [0, 0.05) is 0 Å². The largest absolute Gasteiger partial charge is 0.433 e. The van der Waals surface area contributed by atoms with E-state index in [1.807, 2.05) is 6.92 Å². The van der Waals surface area contributed by atoms with Crippen LogP contribution in [-0.4, -0.2) is 28.0 Å². The van der Waals surface area contributed by atoms with Crippen molar-refractivity contribution >= 4 is 5.95 Å². The van der Waals surface area contributed by atoms with Crippen LogP contribution in [0.4, 0.5) is 19.1 Å². The molecule has 2 N–H and O–H groups in total. The molecule has 7 heteroatoms. The maximum Gasteiger partial charge on any atom is 0.433 e. The Hall–Kier alpha value is -1.37. The second-order valence-corrected chi connectivity index (χ2v) is 4.32. The molecule has 18 heavy (non-hydrogen) atoms. The summed E-state index contributed by atoms with van der Waals surface area (Å²) in [6.07, 6.45) is -2.72. The van der Waals surface area contributed by atoms with Crippen molar-refractivity contribution in [3.63, 3.8) is 0 Å². The fourth-order valence-corrected chi connectivity index (χ4v) is 2.34. The van der Waals surface area contributed by atoms with Gasteiger partial charge in [-0.05, 0) is 32.0 Å². The molecule has 0 aromatic carbocycles. The maximum absolute atomic E-state index is 12.7. The number of alkyl halides is 3. The number of likely N-dealkylation sites (tertiary alicyclic amines) is 1. The van der Waals surface area contributed by atoms with Crippen LogP contribution in [0.25, 0.3) is 0 Å². The summed E-state index contributed by atoms with van der Waals surface area (Å²) in [7, 11) is 0. The lowest BCUT2D eigenvalue weighted by Gasteiger charge is -2.22. The standard InChI is InChI=1S/C11H15F3N4/c1-2-18-5-3-4-8(18)7-6-9(11(12,13)14)17-10(15)16-7/h6,8H,2-5H2,1H3,(H2,15,16,17). The van der Waals surface area contributed by atoms with Crippen molar-refractivity contribution < 1.29 is 13.2 Å². The van der Waals surface area contributed by atoms with Crippen molar-refractivity contribution in [2.24, 2.45) is 0 Å². The lowest BCUT2D eigenvalue weighted by Crippen LogP contribution is -2.24. The van der Waals surface area contributed by atoms with Gasteiger partial charge >= 0.3 is 6.18 Å². The van der Waals surface area contributed by atoms with E-state index < -0.39 is 11.9 Å². The Morgan fingerprint density at radius 1 is 1.44 bits per heavy atom. The molecule has 4 nitrogen and oxygen atoms in total. The highest BCUT2D eigenvalue weighted by atomic mass is 19.4. The van der Waals surface area contributed by atoms with E-state index in [2.05, 4.69) is 14.9 Å². The number of nitrogen functional groups attached to an aromatic ring is 1. The van der Waals surface area contributed by atoms with E-state index in [0.29, 0.717) is 5.69 Å². The van der Waals surface area contributed by atoms with Crippen LogP contribution in [0.2, 0.25) is 0 Å². The molecule has 0 radical (unpaired) electrons. The number of nitrogens with two attached hydrogens (primary N) is 1. The number of hydrogen-bond donors (Lipinski definition) is 1. The molecule has 1 saturated heterocycles. The van der Waals surface area contributed by atoms with Gasteiger partial charge in [0.05, 0.1) is 11.7 Å². The Kier molecular flexibility index (Phi) is 3.43. The smallest absolute Gasteiger partial charge is 0.368 e. The van der Waals surface area contributed by atoms with Gasteiger partial charge in [-0.25, -0.2) is 9.97 Å². The normalized spacial score (nSPS) is 21.4. The molecular formula is C11H15F3N4. The fraction of sp³-hybridized carbons (Fsp3) is 0.636. The van der Waals surface area contributed by atoms with Gasteiger partial charge < -0.3 is 5.73 Å². The minimum atomic E-state index is -4.48. The molecule has 0 aliphatic carbocycles. The number of rotatable bonds is 2. The Balaban J connectivity index is 2.36. The molecule has 1 aromatic rings. The zero-order valence-corrected chi connectivity index (χ0v) is 10.0. The second-order valence-electron chi connectivity index (χ2n) is 4.32. The molecule has 1 aliphatic heterocycles. The van der Waals surface area contributed by atoms with Gasteiger partial charge in [0.2, 0.25) is 5.95 Å². The fourth-order valence-electron chi connectivity index (χ4n) is 2.34. The zero-order chi connectivity index (χ0) is 13.3. The summed E-state index contributed by atoms with van der Waals surface area (Å²) in [4.78, 5) is 9.30. The van der Waals surface area contributed by atoms with Crippen LogP contribution in [0.5, 0.6) is 0 Å². The van der Waals surface area contributed by atoms with E-state index >= 15 is 0 Å². The number of aromatic nitrogens is 2. The first-order chi connectivity index (χ1) is 8.41. The van der Waals surface area contributed by atoms with Gasteiger partial charge in [0.25, 0.3) is 0 Å². The predicted molar refractivity (Wildman–Crippen MR) is 60.7 cm³/mol. The van der Waals surface area contributed by atoms with Crippen molar-refractivity contribution in [2.75, 3.05) is 18.8 Å². The molecule has 0 spiro atoms. The Morgan fingerprint density at radius 2 is 2.17 bits per heavy atom. The third kappa shape index (κ3) is 2.55. The Morgan fingerprint density at radius 3 is 2.78 bits per heavy atom. The third-order valence-corrected chi connectivity index (χ3v) is 3.16. The molecule has 1 aliphatic rings. The van der Waals surface area contributed by atoms with Crippen LogP contribution < -0.4 is 5.73 Å². The maximum atomic E-state index is 12.7. The van der Waals surface area contributed by atoms with E-state index in [4.69, 9.17) is 5.73 Å². The molecule has 0 saturated carbocycles. The second kappa shape index (κ2) is 4.72. The first-order valence-corrected chi connectivity index (χ1v) is 5.87. The molecule has 100 valence electrons. The molecule has 1 aromatic heterocycles. The average Bonchev–Trinajstić information content (AvgIpc) is 2.74. The molecule has 0 bridgehead atoms. The molecule has 1 atom stereocenters. The Bertz CT molecular complexity index is 433. The molecule has 1 fully saturated rings. The Labute approximate surface area is 103 Å². The first kappa shape index (κ1) is 13.1.